The van der Waals surface area contributed by atoms with Crippen molar-refractivity contribution < 1.29 is 19.1 Å². The first-order valence-corrected chi connectivity index (χ1v) is 10.0. The molecule has 0 N–H and O–H groups in total. The van der Waals surface area contributed by atoms with Gasteiger partial charge >= 0.3 is 5.97 Å². The highest BCUT2D eigenvalue weighted by atomic mass is 35.5. The Balaban J connectivity index is 1.84. The first-order chi connectivity index (χ1) is 14.4. The average molecular weight is 446 g/mol. The monoisotopic (exact) mass is 445 g/mol. The van der Waals surface area contributed by atoms with E-state index in [9.17, 15) is 14.4 Å². The Morgan fingerprint density at radius 1 is 1.03 bits per heavy atom. The normalized spacial score (nSPS) is 20.5. The van der Waals surface area contributed by atoms with Crippen molar-refractivity contribution in [3.8, 4) is 0 Å². The Bertz CT molecular complexity index is 1100. The van der Waals surface area contributed by atoms with Gasteiger partial charge in [-0.25, -0.2) is 14.7 Å². The molecule has 154 valence electrons. The summed E-state index contributed by atoms with van der Waals surface area (Å²) in [6, 6.07) is 10.7. The minimum Gasteiger partial charge on any atom is -0.461 e. The molecular formula is C21H17Cl2N3O4. The number of carbonyl (C=O) groups excluding carboxylic acids is 3. The maximum absolute atomic E-state index is 13.4. The molecule has 1 fully saturated rings. The first-order valence-electron chi connectivity index (χ1n) is 9.29. The first kappa shape index (κ1) is 20.4. The summed E-state index contributed by atoms with van der Waals surface area (Å²) in [6.45, 7) is 3.49. The smallest absolute Gasteiger partial charge is 0.355 e. The Hall–Kier alpha value is -2.90. The van der Waals surface area contributed by atoms with Gasteiger partial charge in [-0.1, -0.05) is 41.4 Å². The predicted molar refractivity (Wildman–Crippen MR) is 114 cm³/mol. The van der Waals surface area contributed by atoms with Crippen molar-refractivity contribution in [2.24, 2.45) is 11.0 Å². The number of imide groups is 1. The number of carbonyl (C=O) groups is 3. The van der Waals surface area contributed by atoms with Gasteiger partial charge < -0.3 is 4.74 Å². The van der Waals surface area contributed by atoms with Crippen LogP contribution < -0.4 is 9.91 Å². The zero-order valence-electron chi connectivity index (χ0n) is 16.1. The number of hydrogen-bond acceptors (Lipinski definition) is 6. The van der Waals surface area contributed by atoms with Crippen LogP contribution in [0.5, 0.6) is 0 Å². The van der Waals surface area contributed by atoms with Crippen molar-refractivity contribution in [3.63, 3.8) is 0 Å². The van der Waals surface area contributed by atoms with Crippen molar-refractivity contribution in [1.82, 2.24) is 0 Å². The molecule has 0 aromatic heterocycles. The number of fused-ring (bicyclic) bond motifs is 1. The summed E-state index contributed by atoms with van der Waals surface area (Å²) in [4.78, 5) is 40.4. The Morgan fingerprint density at radius 3 is 2.40 bits per heavy atom. The fourth-order valence-electron chi connectivity index (χ4n) is 3.70. The quantitative estimate of drug-likeness (QED) is 0.530. The van der Waals surface area contributed by atoms with E-state index in [-0.39, 0.29) is 12.3 Å². The molecule has 0 bridgehead atoms. The van der Waals surface area contributed by atoms with Gasteiger partial charge in [-0.05, 0) is 43.7 Å². The molecule has 2 aromatic carbocycles. The average Bonchev–Trinajstić information content (AvgIpc) is 3.22. The molecule has 2 atom stereocenters. The lowest BCUT2D eigenvalue weighted by atomic mass is 9.97. The van der Waals surface area contributed by atoms with Crippen LogP contribution in [-0.4, -0.2) is 36.1 Å². The second-order valence-electron chi connectivity index (χ2n) is 6.82. The van der Waals surface area contributed by atoms with E-state index in [1.807, 2.05) is 0 Å². The zero-order valence-corrected chi connectivity index (χ0v) is 17.6. The Kier molecular flexibility index (Phi) is 5.26. The lowest BCUT2D eigenvalue weighted by Gasteiger charge is -2.23. The molecule has 0 saturated carbocycles. The zero-order chi connectivity index (χ0) is 21.6. The van der Waals surface area contributed by atoms with Crippen LogP contribution in [0.2, 0.25) is 10.0 Å². The number of anilines is 2. The third-order valence-electron chi connectivity index (χ3n) is 5.11. The van der Waals surface area contributed by atoms with Gasteiger partial charge in [0.1, 0.15) is 12.0 Å². The van der Waals surface area contributed by atoms with Crippen molar-refractivity contribution in [2.45, 2.75) is 19.9 Å². The second kappa shape index (κ2) is 7.74. The van der Waals surface area contributed by atoms with Gasteiger partial charge in [0.2, 0.25) is 5.91 Å². The predicted octanol–water partition coefficient (Wildman–Crippen LogP) is 3.60. The molecule has 2 aliphatic rings. The summed E-state index contributed by atoms with van der Waals surface area (Å²) in [6.07, 6.45) is 0. The van der Waals surface area contributed by atoms with Crippen LogP contribution in [0, 0.1) is 12.8 Å². The molecule has 0 radical (unpaired) electrons. The van der Waals surface area contributed by atoms with Gasteiger partial charge in [-0.2, -0.15) is 5.10 Å². The van der Waals surface area contributed by atoms with Gasteiger partial charge in [0, 0.05) is 5.02 Å². The third kappa shape index (κ3) is 3.05. The van der Waals surface area contributed by atoms with Crippen LogP contribution in [0.4, 0.5) is 11.4 Å². The second-order valence-corrected chi connectivity index (χ2v) is 7.63. The SMILES string of the molecule is CCOC(=O)C1=NN(c2ccccc2Cl)C2C(=O)N(c3cccc(Cl)c3C)C(=O)C12. The molecule has 2 aromatic rings. The van der Waals surface area contributed by atoms with Gasteiger partial charge in [0.05, 0.1) is 23.0 Å². The van der Waals surface area contributed by atoms with Crippen LogP contribution in [-0.2, 0) is 19.1 Å². The maximum atomic E-state index is 13.4. The molecule has 2 aliphatic heterocycles. The van der Waals surface area contributed by atoms with E-state index >= 15 is 0 Å². The number of amides is 2. The van der Waals surface area contributed by atoms with Crippen LogP contribution in [0.1, 0.15) is 12.5 Å². The number of hydrogen-bond donors (Lipinski definition) is 0. The van der Waals surface area contributed by atoms with Crippen LogP contribution in [0.3, 0.4) is 0 Å². The Labute approximate surface area is 182 Å². The van der Waals surface area contributed by atoms with Gasteiger partial charge in [0.15, 0.2) is 5.71 Å². The number of hydrazone groups is 1. The number of nitrogens with zero attached hydrogens (tertiary/aromatic N) is 3. The fraction of sp³-hybridized carbons (Fsp3) is 0.238. The van der Waals surface area contributed by atoms with Crippen molar-refractivity contribution in [3.05, 3.63) is 58.1 Å². The van der Waals surface area contributed by atoms with Gasteiger partial charge in [-0.15, -0.1) is 0 Å². The van der Waals surface area contributed by atoms with E-state index < -0.39 is 29.7 Å². The molecular weight excluding hydrogens is 429 g/mol. The third-order valence-corrected chi connectivity index (χ3v) is 5.84. The largest absolute Gasteiger partial charge is 0.461 e. The topological polar surface area (TPSA) is 79.3 Å². The van der Waals surface area contributed by atoms with Crippen LogP contribution in [0.25, 0.3) is 0 Å². The highest BCUT2D eigenvalue weighted by Gasteiger charge is 2.59. The maximum Gasteiger partial charge on any atom is 0.355 e. The number of esters is 1. The number of benzene rings is 2. The van der Waals surface area contributed by atoms with Crippen molar-refractivity contribution in [1.29, 1.82) is 0 Å². The molecule has 7 nitrogen and oxygen atoms in total. The molecule has 0 spiro atoms. The standard InChI is InChI=1S/C21H17Cl2N3O4/c1-3-30-21(29)17-16-18(26(24-17)15-9-5-4-7-13(15)23)20(28)25(19(16)27)14-10-6-8-12(22)11(14)2/h4-10,16,18H,3H2,1-2H3. The summed E-state index contributed by atoms with van der Waals surface area (Å²) in [5.41, 5.74) is 1.25. The minimum atomic E-state index is -1.11. The summed E-state index contributed by atoms with van der Waals surface area (Å²) < 4.78 is 5.08. The minimum absolute atomic E-state index is 0.112. The highest BCUT2D eigenvalue weighted by molar-refractivity contribution is 6.47. The number of halogens is 2. The van der Waals surface area contributed by atoms with E-state index in [0.717, 1.165) is 4.90 Å². The van der Waals surface area contributed by atoms with Gasteiger partial charge in [0.25, 0.3) is 5.91 Å². The highest BCUT2D eigenvalue weighted by Crippen LogP contribution is 2.41. The molecule has 9 heteroatoms. The lowest BCUT2D eigenvalue weighted by Crippen LogP contribution is -2.39. The lowest BCUT2D eigenvalue weighted by molar-refractivity contribution is -0.136. The summed E-state index contributed by atoms with van der Waals surface area (Å²) >= 11 is 12.5. The van der Waals surface area contributed by atoms with Gasteiger partial charge in [-0.3, -0.25) is 9.59 Å². The molecule has 1 saturated heterocycles. The fourth-order valence-corrected chi connectivity index (χ4v) is 4.09. The summed E-state index contributed by atoms with van der Waals surface area (Å²) in [7, 11) is 0. The summed E-state index contributed by atoms with van der Waals surface area (Å²) in [5, 5.41) is 6.38. The number of ether oxygens (including phenoxy) is 1. The molecule has 2 heterocycles. The summed E-state index contributed by atoms with van der Waals surface area (Å²) in [5.74, 6) is -2.92. The molecule has 2 amide bonds. The van der Waals surface area contributed by atoms with Crippen LogP contribution >= 0.6 is 23.2 Å². The molecule has 2 unspecified atom stereocenters. The van der Waals surface area contributed by atoms with Crippen molar-refractivity contribution in [2.75, 3.05) is 16.5 Å². The van der Waals surface area contributed by atoms with E-state index in [0.29, 0.717) is 27.0 Å². The molecule has 30 heavy (non-hydrogen) atoms. The van der Waals surface area contributed by atoms with E-state index in [1.54, 1.807) is 56.3 Å². The van der Waals surface area contributed by atoms with Crippen molar-refractivity contribution >= 4 is 58.1 Å². The number of rotatable bonds is 4. The number of para-hydroxylation sites is 1. The van der Waals surface area contributed by atoms with Crippen LogP contribution in [0.15, 0.2) is 47.6 Å². The van der Waals surface area contributed by atoms with E-state index in [1.165, 1.54) is 5.01 Å². The van der Waals surface area contributed by atoms with E-state index in [4.69, 9.17) is 27.9 Å². The molecule has 4 rings (SSSR count). The molecule has 0 aliphatic carbocycles. The van der Waals surface area contributed by atoms with E-state index in [2.05, 4.69) is 5.10 Å². The Morgan fingerprint density at radius 2 is 1.70 bits per heavy atom.